The number of ketones is 1. The maximum Gasteiger partial charge on any atom is 0.324 e. The van der Waals surface area contributed by atoms with Crippen LogP contribution >= 0.6 is 0 Å². The molecule has 2 rings (SSSR count). The van der Waals surface area contributed by atoms with E-state index in [2.05, 4.69) is 10.2 Å². The van der Waals surface area contributed by atoms with E-state index < -0.39 is 0 Å². The molecular weight excluding hydrogens is 372 g/mol. The Bertz CT molecular complexity index is 607. The number of carbonyl (C=O) groups excluding carboxylic acids is 3. The maximum absolute atomic E-state index is 13.3. The second-order valence-corrected chi connectivity index (χ2v) is 9.33. The Balaban J connectivity index is 2.07. The number of urea groups is 1. The first-order valence-electron chi connectivity index (χ1n) is 10.5. The molecular formula is C21H38N4O4. The number of amides is 3. The predicted molar refractivity (Wildman–Crippen MR) is 112 cm³/mol. The molecule has 29 heavy (non-hydrogen) atoms. The lowest BCUT2D eigenvalue weighted by molar-refractivity contribution is -0.138. The minimum absolute atomic E-state index is 0.175. The Labute approximate surface area is 174 Å². The van der Waals surface area contributed by atoms with Crippen molar-refractivity contribution in [2.75, 3.05) is 54.5 Å². The van der Waals surface area contributed by atoms with Gasteiger partial charge in [0.05, 0.1) is 19.1 Å². The summed E-state index contributed by atoms with van der Waals surface area (Å²) in [5, 5.41) is 2.91. The minimum atomic E-state index is -0.383. The summed E-state index contributed by atoms with van der Waals surface area (Å²) in [4.78, 5) is 43.6. The van der Waals surface area contributed by atoms with Gasteiger partial charge in [-0.25, -0.2) is 4.79 Å². The Hall–Kier alpha value is -1.51. The highest BCUT2D eigenvalue weighted by Gasteiger charge is 2.42. The molecule has 0 unspecified atom stereocenters. The highest BCUT2D eigenvalue weighted by Crippen LogP contribution is 2.36. The van der Waals surface area contributed by atoms with Crippen LogP contribution in [0.3, 0.4) is 0 Å². The average molecular weight is 411 g/mol. The summed E-state index contributed by atoms with van der Waals surface area (Å²) in [6, 6.07) is -0.0228. The lowest BCUT2D eigenvalue weighted by Gasteiger charge is -2.45. The van der Waals surface area contributed by atoms with Crippen LogP contribution in [-0.2, 0) is 14.3 Å². The van der Waals surface area contributed by atoms with Crippen LogP contribution in [0.25, 0.3) is 0 Å². The first-order valence-corrected chi connectivity index (χ1v) is 10.5. The third-order valence-electron chi connectivity index (χ3n) is 6.68. The number of carbonyl (C=O) groups is 3. The second-order valence-electron chi connectivity index (χ2n) is 9.33. The number of ether oxygens (including phenoxy) is 1. The van der Waals surface area contributed by atoms with Crippen molar-refractivity contribution in [3.63, 3.8) is 0 Å². The first kappa shape index (κ1) is 23.8. The molecule has 2 aliphatic rings. The van der Waals surface area contributed by atoms with E-state index in [9.17, 15) is 14.4 Å². The zero-order valence-corrected chi connectivity index (χ0v) is 18.9. The maximum atomic E-state index is 13.3. The van der Waals surface area contributed by atoms with Crippen molar-refractivity contribution in [2.24, 2.45) is 11.8 Å². The van der Waals surface area contributed by atoms with E-state index in [0.717, 1.165) is 6.42 Å². The number of Topliss-reactive ketones (excluding diaryl/α,β-unsaturated/α-hetero) is 1. The highest BCUT2D eigenvalue weighted by molar-refractivity contribution is 5.96. The lowest BCUT2D eigenvalue weighted by atomic mass is 9.74. The van der Waals surface area contributed by atoms with Crippen molar-refractivity contribution < 1.29 is 19.1 Å². The van der Waals surface area contributed by atoms with Gasteiger partial charge in [-0.05, 0) is 53.8 Å². The molecule has 166 valence electrons. The molecule has 1 N–H and O–H groups in total. The predicted octanol–water partition coefficient (Wildman–Crippen LogP) is 1.20. The molecule has 0 bridgehead atoms. The molecule has 2 fully saturated rings. The van der Waals surface area contributed by atoms with E-state index >= 15 is 0 Å². The van der Waals surface area contributed by atoms with Gasteiger partial charge in [-0.15, -0.1) is 0 Å². The van der Waals surface area contributed by atoms with Crippen molar-refractivity contribution in [1.29, 1.82) is 0 Å². The van der Waals surface area contributed by atoms with Crippen LogP contribution in [0, 0.1) is 11.8 Å². The SMILES string of the molecule is COCCN(C(=O)NCC(C)(C)N(C)C)C(=O)[C@@H]1C[C@@H]2CC(=O)CC[C@H]2N(C)C1. The van der Waals surface area contributed by atoms with E-state index in [-0.39, 0.29) is 41.6 Å². The largest absolute Gasteiger partial charge is 0.383 e. The van der Waals surface area contributed by atoms with Crippen molar-refractivity contribution in [1.82, 2.24) is 20.0 Å². The van der Waals surface area contributed by atoms with Gasteiger partial charge < -0.3 is 19.9 Å². The molecule has 0 aromatic carbocycles. The summed E-state index contributed by atoms with van der Waals surface area (Å²) < 4.78 is 5.13. The number of nitrogens with one attached hydrogen (secondary N) is 1. The average Bonchev–Trinajstić information content (AvgIpc) is 2.65. The van der Waals surface area contributed by atoms with E-state index in [4.69, 9.17) is 4.74 Å². The molecule has 0 radical (unpaired) electrons. The van der Waals surface area contributed by atoms with E-state index in [1.165, 1.54) is 4.90 Å². The fourth-order valence-corrected chi connectivity index (χ4v) is 4.26. The summed E-state index contributed by atoms with van der Waals surface area (Å²) in [5.41, 5.74) is -0.230. The molecule has 1 aliphatic heterocycles. The molecule has 8 heteroatoms. The molecule has 8 nitrogen and oxygen atoms in total. The fourth-order valence-electron chi connectivity index (χ4n) is 4.26. The third kappa shape index (κ3) is 5.99. The number of likely N-dealkylation sites (N-methyl/N-ethyl adjacent to an activating group) is 1. The number of nitrogens with zero attached hydrogens (tertiary/aromatic N) is 3. The van der Waals surface area contributed by atoms with E-state index in [0.29, 0.717) is 45.0 Å². The quantitative estimate of drug-likeness (QED) is 0.679. The van der Waals surface area contributed by atoms with Gasteiger partial charge >= 0.3 is 6.03 Å². The van der Waals surface area contributed by atoms with Crippen LogP contribution < -0.4 is 5.32 Å². The van der Waals surface area contributed by atoms with Crippen LogP contribution in [0.15, 0.2) is 0 Å². The molecule has 0 aromatic heterocycles. The normalized spacial score (nSPS) is 25.6. The van der Waals surface area contributed by atoms with Gasteiger partial charge in [-0.3, -0.25) is 14.5 Å². The van der Waals surface area contributed by atoms with Crippen LogP contribution in [0.1, 0.15) is 39.5 Å². The number of likely N-dealkylation sites (tertiary alicyclic amines) is 1. The summed E-state index contributed by atoms with van der Waals surface area (Å²) >= 11 is 0. The van der Waals surface area contributed by atoms with Crippen LogP contribution in [0.5, 0.6) is 0 Å². The molecule has 1 saturated heterocycles. The summed E-state index contributed by atoms with van der Waals surface area (Å²) in [6.45, 7) is 5.63. The second kappa shape index (κ2) is 10.00. The molecule has 3 atom stereocenters. The minimum Gasteiger partial charge on any atom is -0.383 e. The molecule has 0 aromatic rings. The molecule has 1 heterocycles. The van der Waals surface area contributed by atoms with Crippen LogP contribution in [0.4, 0.5) is 4.79 Å². The number of hydrogen-bond donors (Lipinski definition) is 1. The van der Waals surface area contributed by atoms with Crippen LogP contribution in [-0.4, -0.2) is 98.5 Å². The summed E-state index contributed by atoms with van der Waals surface area (Å²) in [5.74, 6) is 0.0266. The third-order valence-corrected chi connectivity index (χ3v) is 6.68. The van der Waals surface area contributed by atoms with Gasteiger partial charge in [-0.2, -0.15) is 0 Å². The van der Waals surface area contributed by atoms with Crippen LogP contribution in [0.2, 0.25) is 0 Å². The Morgan fingerprint density at radius 1 is 1.31 bits per heavy atom. The fraction of sp³-hybridized carbons (Fsp3) is 0.857. The van der Waals surface area contributed by atoms with E-state index in [1.54, 1.807) is 7.11 Å². The van der Waals surface area contributed by atoms with Gasteiger partial charge in [0.15, 0.2) is 0 Å². The topological polar surface area (TPSA) is 82.2 Å². The number of methoxy groups -OCH3 is 1. The smallest absolute Gasteiger partial charge is 0.324 e. The Morgan fingerprint density at radius 3 is 2.62 bits per heavy atom. The van der Waals surface area contributed by atoms with Crippen molar-refractivity contribution in [2.45, 2.75) is 51.1 Å². The zero-order chi connectivity index (χ0) is 21.8. The highest BCUT2D eigenvalue weighted by atomic mass is 16.5. The molecule has 1 aliphatic carbocycles. The van der Waals surface area contributed by atoms with Crippen molar-refractivity contribution >= 4 is 17.7 Å². The lowest BCUT2D eigenvalue weighted by Crippen LogP contribution is -2.57. The zero-order valence-electron chi connectivity index (χ0n) is 18.9. The number of fused-ring (bicyclic) bond motifs is 1. The van der Waals surface area contributed by atoms with Crippen molar-refractivity contribution in [3.05, 3.63) is 0 Å². The first-order chi connectivity index (χ1) is 13.6. The number of imide groups is 1. The van der Waals surface area contributed by atoms with Crippen molar-refractivity contribution in [3.8, 4) is 0 Å². The molecule has 1 saturated carbocycles. The standard InChI is InChI=1S/C21H38N4O4/c1-21(2,23(3)4)14-22-20(28)25(9-10-29-6)19(27)16-11-15-12-17(26)7-8-18(15)24(5)13-16/h15-16,18H,7-14H2,1-6H3,(H,22,28)/t15-,16-,18-/m1/s1. The van der Waals surface area contributed by atoms with Gasteiger partial charge in [0.25, 0.3) is 0 Å². The van der Waals surface area contributed by atoms with Gasteiger partial charge in [0.2, 0.25) is 5.91 Å². The van der Waals surface area contributed by atoms with Gasteiger partial charge in [0.1, 0.15) is 5.78 Å². The monoisotopic (exact) mass is 410 g/mol. The Morgan fingerprint density at radius 2 is 2.00 bits per heavy atom. The molecule has 3 amide bonds. The number of piperidine rings is 1. The van der Waals surface area contributed by atoms with Gasteiger partial charge in [-0.1, -0.05) is 0 Å². The summed E-state index contributed by atoms with van der Waals surface area (Å²) in [7, 11) is 7.49. The Kier molecular flexibility index (Phi) is 8.19. The number of rotatable bonds is 7. The summed E-state index contributed by atoms with van der Waals surface area (Å²) in [6.07, 6.45) is 2.71. The van der Waals surface area contributed by atoms with Gasteiger partial charge in [0, 0.05) is 44.6 Å². The number of hydrogen-bond acceptors (Lipinski definition) is 6. The van der Waals surface area contributed by atoms with E-state index in [1.807, 2.05) is 39.9 Å². The molecule has 0 spiro atoms.